The molecule has 0 spiro atoms. The first kappa shape index (κ1) is 13.5. The molecule has 22 heavy (non-hydrogen) atoms. The molecule has 1 N–H and O–H groups in total. The number of carbonyl (C=O) groups excluding carboxylic acids is 1. The van der Waals surface area contributed by atoms with E-state index >= 15 is 0 Å². The molecule has 2 aromatic heterocycles. The number of amides is 1. The number of fused-ring (bicyclic) bond motifs is 2. The summed E-state index contributed by atoms with van der Waals surface area (Å²) in [5, 5.41) is 7.76. The molecule has 2 bridgehead atoms. The number of aromatic nitrogens is 3. The largest absolute Gasteiger partial charge is 0.336 e. The van der Waals surface area contributed by atoms with Crippen molar-refractivity contribution in [3.8, 4) is 5.82 Å². The molecule has 2 aliphatic rings. The summed E-state index contributed by atoms with van der Waals surface area (Å²) in [7, 11) is 0. The molecule has 2 aromatic rings. The van der Waals surface area contributed by atoms with Gasteiger partial charge >= 0.3 is 0 Å². The van der Waals surface area contributed by atoms with Gasteiger partial charge in [0.1, 0.15) is 5.69 Å². The SMILES string of the molecule is O=C(c1cccc(-n2cccn2)n1)N1CCC2CCC(C1)N2. The van der Waals surface area contributed by atoms with Crippen LogP contribution in [0.5, 0.6) is 0 Å². The Balaban J connectivity index is 1.56. The highest BCUT2D eigenvalue weighted by atomic mass is 16.2. The number of nitrogens with one attached hydrogen (secondary N) is 1. The van der Waals surface area contributed by atoms with Gasteiger partial charge < -0.3 is 10.2 Å². The average Bonchev–Trinajstić information content (AvgIpc) is 3.17. The van der Waals surface area contributed by atoms with Gasteiger partial charge in [-0.1, -0.05) is 6.07 Å². The number of nitrogens with zero attached hydrogens (tertiary/aromatic N) is 4. The second-order valence-electron chi connectivity index (χ2n) is 6.01. The van der Waals surface area contributed by atoms with Crippen LogP contribution in [0.25, 0.3) is 5.82 Å². The number of hydrogen-bond acceptors (Lipinski definition) is 4. The summed E-state index contributed by atoms with van der Waals surface area (Å²) in [5.74, 6) is 0.689. The minimum Gasteiger partial charge on any atom is -0.336 e. The van der Waals surface area contributed by atoms with Gasteiger partial charge in [0, 0.05) is 37.6 Å². The third-order valence-corrected chi connectivity index (χ3v) is 4.50. The van der Waals surface area contributed by atoms with Crippen LogP contribution in [0.1, 0.15) is 29.8 Å². The second-order valence-corrected chi connectivity index (χ2v) is 6.01. The summed E-state index contributed by atoms with van der Waals surface area (Å²) in [4.78, 5) is 19.2. The Kier molecular flexibility index (Phi) is 3.38. The zero-order valence-electron chi connectivity index (χ0n) is 12.4. The summed E-state index contributed by atoms with van der Waals surface area (Å²) in [6, 6.07) is 8.35. The monoisotopic (exact) mass is 297 g/mol. The normalized spacial score (nSPS) is 24.3. The van der Waals surface area contributed by atoms with E-state index in [-0.39, 0.29) is 5.91 Å². The van der Waals surface area contributed by atoms with Gasteiger partial charge in [0.25, 0.3) is 5.91 Å². The van der Waals surface area contributed by atoms with Crippen molar-refractivity contribution >= 4 is 5.91 Å². The summed E-state index contributed by atoms with van der Waals surface area (Å²) >= 11 is 0. The van der Waals surface area contributed by atoms with Gasteiger partial charge in [0.15, 0.2) is 5.82 Å². The van der Waals surface area contributed by atoms with Gasteiger partial charge in [0.05, 0.1) is 0 Å². The van der Waals surface area contributed by atoms with Gasteiger partial charge in [-0.3, -0.25) is 4.79 Å². The highest BCUT2D eigenvalue weighted by Crippen LogP contribution is 2.21. The van der Waals surface area contributed by atoms with Crippen LogP contribution < -0.4 is 5.32 Å². The van der Waals surface area contributed by atoms with Gasteiger partial charge in [-0.2, -0.15) is 5.10 Å². The lowest BCUT2D eigenvalue weighted by atomic mass is 10.1. The van der Waals surface area contributed by atoms with E-state index in [0.717, 1.165) is 25.9 Å². The smallest absolute Gasteiger partial charge is 0.272 e. The molecule has 2 aliphatic heterocycles. The summed E-state index contributed by atoms with van der Waals surface area (Å²) in [6.45, 7) is 1.59. The molecule has 0 aliphatic carbocycles. The fourth-order valence-corrected chi connectivity index (χ4v) is 3.36. The molecule has 0 aromatic carbocycles. The third-order valence-electron chi connectivity index (χ3n) is 4.50. The lowest BCUT2D eigenvalue weighted by molar-refractivity contribution is 0.0742. The van der Waals surface area contributed by atoms with E-state index in [1.165, 1.54) is 6.42 Å². The Morgan fingerprint density at radius 3 is 2.95 bits per heavy atom. The average molecular weight is 297 g/mol. The number of rotatable bonds is 2. The zero-order chi connectivity index (χ0) is 14.9. The van der Waals surface area contributed by atoms with E-state index in [1.54, 1.807) is 16.9 Å². The minimum atomic E-state index is 0.0170. The highest BCUT2D eigenvalue weighted by molar-refractivity contribution is 5.92. The van der Waals surface area contributed by atoms with Gasteiger partial charge in [-0.25, -0.2) is 9.67 Å². The number of hydrogen-bond donors (Lipinski definition) is 1. The molecule has 2 atom stereocenters. The molecule has 4 heterocycles. The van der Waals surface area contributed by atoms with E-state index in [9.17, 15) is 4.79 Å². The van der Waals surface area contributed by atoms with Crippen LogP contribution in [0.15, 0.2) is 36.7 Å². The molecule has 4 rings (SSSR count). The second kappa shape index (κ2) is 5.53. The maximum Gasteiger partial charge on any atom is 0.272 e. The van der Waals surface area contributed by atoms with Crippen molar-refractivity contribution in [3.05, 3.63) is 42.4 Å². The van der Waals surface area contributed by atoms with Crippen molar-refractivity contribution in [2.24, 2.45) is 0 Å². The van der Waals surface area contributed by atoms with Gasteiger partial charge in [-0.15, -0.1) is 0 Å². The summed E-state index contributed by atoms with van der Waals surface area (Å²) in [5.41, 5.74) is 0.491. The van der Waals surface area contributed by atoms with Gasteiger partial charge in [-0.05, 0) is 37.5 Å². The minimum absolute atomic E-state index is 0.0170. The topological polar surface area (TPSA) is 63.1 Å². The van der Waals surface area contributed by atoms with Crippen LogP contribution in [-0.2, 0) is 0 Å². The van der Waals surface area contributed by atoms with Crippen molar-refractivity contribution < 1.29 is 4.79 Å². The Labute approximate surface area is 129 Å². The van der Waals surface area contributed by atoms with Crippen molar-refractivity contribution in [3.63, 3.8) is 0 Å². The first-order valence-corrected chi connectivity index (χ1v) is 7.82. The summed E-state index contributed by atoms with van der Waals surface area (Å²) in [6.07, 6.45) is 6.95. The van der Waals surface area contributed by atoms with Crippen LogP contribution in [0, 0.1) is 0 Å². The predicted molar refractivity (Wildman–Crippen MR) is 81.8 cm³/mol. The Morgan fingerprint density at radius 2 is 2.09 bits per heavy atom. The maximum atomic E-state index is 12.8. The highest BCUT2D eigenvalue weighted by Gasteiger charge is 2.31. The molecule has 1 amide bonds. The van der Waals surface area contributed by atoms with Crippen molar-refractivity contribution in [2.75, 3.05) is 13.1 Å². The van der Waals surface area contributed by atoms with Gasteiger partial charge in [0.2, 0.25) is 0 Å². The van der Waals surface area contributed by atoms with Crippen molar-refractivity contribution in [1.29, 1.82) is 0 Å². The first-order valence-electron chi connectivity index (χ1n) is 7.82. The summed E-state index contributed by atoms with van der Waals surface area (Å²) < 4.78 is 1.67. The molecule has 114 valence electrons. The van der Waals surface area contributed by atoms with Crippen LogP contribution in [0.2, 0.25) is 0 Å². The van der Waals surface area contributed by atoms with Crippen LogP contribution in [-0.4, -0.2) is 50.7 Å². The van der Waals surface area contributed by atoms with E-state index in [2.05, 4.69) is 15.4 Å². The fraction of sp³-hybridized carbons (Fsp3) is 0.438. The zero-order valence-corrected chi connectivity index (χ0v) is 12.4. The Hall–Kier alpha value is -2.21. The van der Waals surface area contributed by atoms with Crippen molar-refractivity contribution in [2.45, 2.75) is 31.3 Å². The molecule has 2 saturated heterocycles. The van der Waals surface area contributed by atoms with E-state index in [4.69, 9.17) is 0 Å². The van der Waals surface area contributed by atoms with Crippen LogP contribution >= 0.6 is 0 Å². The molecule has 0 radical (unpaired) electrons. The molecule has 2 fully saturated rings. The number of likely N-dealkylation sites (tertiary alicyclic amines) is 1. The predicted octanol–water partition coefficient (Wildman–Crippen LogP) is 1.23. The van der Waals surface area contributed by atoms with Crippen LogP contribution in [0.3, 0.4) is 0 Å². The maximum absolute atomic E-state index is 12.8. The third kappa shape index (κ3) is 2.50. The standard InChI is InChI=1S/C16H19N5O/c22-16(20-10-7-12-5-6-13(11-20)18-12)14-3-1-4-15(19-14)21-9-2-8-17-21/h1-4,8-9,12-13,18H,5-7,10-11H2. The molecule has 0 saturated carbocycles. The molecular formula is C16H19N5O. The molecular weight excluding hydrogens is 278 g/mol. The molecule has 6 nitrogen and oxygen atoms in total. The fourth-order valence-electron chi connectivity index (χ4n) is 3.36. The Bertz CT molecular complexity index is 669. The Morgan fingerprint density at radius 1 is 1.18 bits per heavy atom. The first-order chi connectivity index (χ1) is 10.8. The molecule has 6 heteroatoms. The lowest BCUT2D eigenvalue weighted by Crippen LogP contribution is -2.39. The molecule has 2 unspecified atom stereocenters. The number of pyridine rings is 1. The van der Waals surface area contributed by atoms with Crippen LogP contribution in [0.4, 0.5) is 0 Å². The number of carbonyl (C=O) groups is 1. The van der Waals surface area contributed by atoms with E-state index < -0.39 is 0 Å². The van der Waals surface area contributed by atoms with E-state index in [0.29, 0.717) is 23.6 Å². The van der Waals surface area contributed by atoms with Crippen molar-refractivity contribution in [1.82, 2.24) is 25.0 Å². The quantitative estimate of drug-likeness (QED) is 0.906. The van der Waals surface area contributed by atoms with E-state index in [1.807, 2.05) is 29.3 Å². The lowest BCUT2D eigenvalue weighted by Gasteiger charge is -2.24.